The van der Waals surface area contributed by atoms with Crippen molar-refractivity contribution in [1.82, 2.24) is 9.88 Å². The van der Waals surface area contributed by atoms with Gasteiger partial charge in [0.05, 0.1) is 5.02 Å². The third-order valence-electron chi connectivity index (χ3n) is 5.18. The van der Waals surface area contributed by atoms with Crippen molar-refractivity contribution in [3.63, 3.8) is 0 Å². The highest BCUT2D eigenvalue weighted by atomic mass is 35.5. The lowest BCUT2D eigenvalue weighted by molar-refractivity contribution is -0.115. The number of nitrogens with two attached hydrogens (primary N) is 1. The Morgan fingerprint density at radius 2 is 2.00 bits per heavy atom. The van der Waals surface area contributed by atoms with Crippen LogP contribution < -0.4 is 10.9 Å². The highest BCUT2D eigenvalue weighted by molar-refractivity contribution is 6.30. The molecule has 0 atom stereocenters. The molecule has 2 heterocycles. The molecule has 0 unspecified atom stereocenters. The number of hydrogen-bond donors (Lipinski definition) is 1. The number of rotatable bonds is 3. The maximum Gasteiger partial charge on any atom is 0.410 e. The van der Waals surface area contributed by atoms with Crippen LogP contribution in [-0.4, -0.2) is 40.6 Å². The minimum atomic E-state index is -0.555. The van der Waals surface area contributed by atoms with Gasteiger partial charge in [-0.25, -0.2) is 25.0 Å². The Kier molecular flexibility index (Phi) is 7.36. The maximum absolute atomic E-state index is 14.0. The summed E-state index contributed by atoms with van der Waals surface area (Å²) in [6, 6.07) is 3.09. The topological polar surface area (TPSA) is 88.8 Å². The number of pyridine rings is 1. The molecule has 0 bridgehead atoms. The molecular formula is C23H28ClFN4O3. The van der Waals surface area contributed by atoms with Crippen molar-refractivity contribution < 1.29 is 18.7 Å². The molecule has 2 aliphatic rings. The molecule has 2 N–H and O–H groups in total. The van der Waals surface area contributed by atoms with E-state index in [0.29, 0.717) is 23.7 Å². The van der Waals surface area contributed by atoms with E-state index in [1.54, 1.807) is 11.0 Å². The van der Waals surface area contributed by atoms with E-state index in [1.165, 1.54) is 24.4 Å². The number of halogens is 2. The SMILES string of the molecule is CC(C)(C)OC(=O)N1CCC(C=C2CC=C(F)C=C2C(=O)N(N)c2ccc(Cl)cn2)CC1. The number of hydrogen-bond acceptors (Lipinski definition) is 5. The highest BCUT2D eigenvalue weighted by Gasteiger charge is 2.28. The highest BCUT2D eigenvalue weighted by Crippen LogP contribution is 2.30. The normalized spacial score (nSPS) is 18.8. The summed E-state index contributed by atoms with van der Waals surface area (Å²) >= 11 is 5.84. The van der Waals surface area contributed by atoms with Crippen LogP contribution in [0.1, 0.15) is 40.0 Å². The number of nitrogens with zero attached hydrogens (tertiary/aromatic N) is 3. The molecule has 1 aliphatic carbocycles. The van der Waals surface area contributed by atoms with Gasteiger partial charge in [0.15, 0.2) is 0 Å². The van der Waals surface area contributed by atoms with E-state index in [2.05, 4.69) is 4.98 Å². The van der Waals surface area contributed by atoms with Gasteiger partial charge in [-0.05, 0) is 75.8 Å². The summed E-state index contributed by atoms with van der Waals surface area (Å²) in [6.07, 6.45) is 7.41. The third-order valence-corrected chi connectivity index (χ3v) is 5.40. The van der Waals surface area contributed by atoms with E-state index in [0.717, 1.165) is 17.9 Å². The van der Waals surface area contributed by atoms with Crippen molar-refractivity contribution >= 4 is 29.4 Å². The van der Waals surface area contributed by atoms with Crippen molar-refractivity contribution in [2.45, 2.75) is 45.6 Å². The molecule has 1 aliphatic heterocycles. The number of ether oxygens (including phenoxy) is 1. The number of aromatic nitrogens is 1. The predicted octanol–water partition coefficient (Wildman–Crippen LogP) is 4.70. The second-order valence-corrected chi connectivity index (χ2v) is 9.29. The molecule has 0 radical (unpaired) electrons. The summed E-state index contributed by atoms with van der Waals surface area (Å²) in [5.74, 6) is 5.29. The Bertz CT molecular complexity index is 958. The quantitative estimate of drug-likeness (QED) is 0.399. The fraction of sp³-hybridized carbons (Fsp3) is 0.435. The van der Waals surface area contributed by atoms with Crippen molar-refractivity contribution in [2.75, 3.05) is 18.1 Å². The van der Waals surface area contributed by atoms with E-state index in [-0.39, 0.29) is 29.8 Å². The van der Waals surface area contributed by atoms with Crippen molar-refractivity contribution in [2.24, 2.45) is 11.8 Å². The Morgan fingerprint density at radius 1 is 1.31 bits per heavy atom. The molecule has 1 saturated heterocycles. The first kappa shape index (κ1) is 23.9. The Balaban J connectivity index is 1.70. The van der Waals surface area contributed by atoms with Crippen molar-refractivity contribution in [3.8, 4) is 0 Å². The minimum absolute atomic E-state index is 0.148. The molecule has 0 aromatic carbocycles. The van der Waals surface area contributed by atoms with Crippen molar-refractivity contribution in [3.05, 3.63) is 58.6 Å². The summed E-state index contributed by atoms with van der Waals surface area (Å²) in [7, 11) is 0. The predicted molar refractivity (Wildman–Crippen MR) is 121 cm³/mol. The van der Waals surface area contributed by atoms with Gasteiger partial charge < -0.3 is 9.64 Å². The van der Waals surface area contributed by atoms with E-state index in [4.69, 9.17) is 22.2 Å². The lowest BCUT2D eigenvalue weighted by atomic mass is 9.89. The average molecular weight is 463 g/mol. The summed E-state index contributed by atoms with van der Waals surface area (Å²) in [4.78, 5) is 31.0. The lowest BCUT2D eigenvalue weighted by Gasteiger charge is -2.33. The number of anilines is 1. The van der Waals surface area contributed by atoms with Gasteiger partial charge in [-0.1, -0.05) is 17.7 Å². The number of piperidine rings is 1. The Labute approximate surface area is 192 Å². The maximum atomic E-state index is 14.0. The summed E-state index contributed by atoms with van der Waals surface area (Å²) in [5, 5.41) is 1.30. The zero-order chi connectivity index (χ0) is 23.5. The van der Waals surface area contributed by atoms with Gasteiger partial charge in [0.2, 0.25) is 0 Å². The van der Waals surface area contributed by atoms with Gasteiger partial charge >= 0.3 is 6.09 Å². The third kappa shape index (κ3) is 6.17. The summed E-state index contributed by atoms with van der Waals surface area (Å²) < 4.78 is 19.4. The first-order valence-electron chi connectivity index (χ1n) is 10.5. The molecule has 3 rings (SSSR count). The molecule has 1 aromatic rings. The fourth-order valence-electron chi connectivity index (χ4n) is 3.57. The van der Waals surface area contributed by atoms with Crippen LogP contribution in [0.4, 0.5) is 15.0 Å². The Hall–Kier alpha value is -2.71. The average Bonchev–Trinajstić information content (AvgIpc) is 2.74. The number of carbonyl (C=O) groups is 2. The van der Waals surface area contributed by atoms with E-state index in [9.17, 15) is 14.0 Å². The second-order valence-electron chi connectivity index (χ2n) is 8.86. The number of amides is 2. The molecule has 1 aromatic heterocycles. The van der Waals surface area contributed by atoms with E-state index in [1.807, 2.05) is 26.8 Å². The molecule has 1 fully saturated rings. The van der Waals surface area contributed by atoms with Gasteiger partial charge in [0, 0.05) is 24.9 Å². The molecule has 9 heteroatoms. The van der Waals surface area contributed by atoms with Crippen LogP contribution in [0.25, 0.3) is 0 Å². The molecular weight excluding hydrogens is 435 g/mol. The zero-order valence-electron chi connectivity index (χ0n) is 18.5. The number of likely N-dealkylation sites (tertiary alicyclic amines) is 1. The van der Waals surface area contributed by atoms with Gasteiger partial charge in [0.25, 0.3) is 5.91 Å². The molecule has 0 spiro atoms. The molecule has 172 valence electrons. The van der Waals surface area contributed by atoms with E-state index < -0.39 is 17.3 Å². The summed E-state index contributed by atoms with van der Waals surface area (Å²) in [5.41, 5.74) is 0.358. The van der Waals surface area contributed by atoms with Crippen LogP contribution in [0.3, 0.4) is 0 Å². The van der Waals surface area contributed by atoms with Crippen LogP contribution in [-0.2, 0) is 9.53 Å². The van der Waals surface area contributed by atoms with Gasteiger partial charge in [-0.3, -0.25) is 4.79 Å². The number of hydrazine groups is 1. The first-order chi connectivity index (χ1) is 15.0. The molecule has 32 heavy (non-hydrogen) atoms. The minimum Gasteiger partial charge on any atom is -0.444 e. The fourth-order valence-corrected chi connectivity index (χ4v) is 3.68. The molecule has 0 saturated carbocycles. The van der Waals surface area contributed by atoms with Gasteiger partial charge in [-0.15, -0.1) is 0 Å². The molecule has 2 amide bonds. The largest absolute Gasteiger partial charge is 0.444 e. The zero-order valence-corrected chi connectivity index (χ0v) is 19.2. The Morgan fingerprint density at radius 3 is 2.59 bits per heavy atom. The van der Waals surface area contributed by atoms with Crippen LogP contribution in [0.5, 0.6) is 0 Å². The van der Waals surface area contributed by atoms with Crippen LogP contribution >= 0.6 is 11.6 Å². The van der Waals surface area contributed by atoms with Crippen LogP contribution in [0.15, 0.2) is 53.5 Å². The number of allylic oxidation sites excluding steroid dienone is 4. The van der Waals surface area contributed by atoms with Gasteiger partial charge in [0.1, 0.15) is 17.2 Å². The molecule has 7 nitrogen and oxygen atoms in total. The van der Waals surface area contributed by atoms with Crippen molar-refractivity contribution in [1.29, 1.82) is 0 Å². The smallest absolute Gasteiger partial charge is 0.410 e. The van der Waals surface area contributed by atoms with Gasteiger partial charge in [-0.2, -0.15) is 0 Å². The lowest BCUT2D eigenvalue weighted by Crippen LogP contribution is -2.41. The van der Waals surface area contributed by atoms with Crippen LogP contribution in [0, 0.1) is 5.92 Å². The first-order valence-corrected chi connectivity index (χ1v) is 10.9. The standard InChI is InChI=1S/C23H28ClFN4O3/c1-23(2,3)32-22(31)28-10-8-15(9-11-28)12-16-4-6-18(25)13-19(16)21(30)29(26)20-7-5-17(24)14-27-20/h5-7,12-15H,4,8-11,26H2,1-3H3. The van der Waals surface area contributed by atoms with Crippen LogP contribution in [0.2, 0.25) is 5.02 Å². The second kappa shape index (κ2) is 9.83. The number of carbonyl (C=O) groups excluding carboxylic acids is 2. The van der Waals surface area contributed by atoms with E-state index >= 15 is 0 Å². The summed E-state index contributed by atoms with van der Waals surface area (Å²) in [6.45, 7) is 6.62. The monoisotopic (exact) mass is 462 g/mol.